The Morgan fingerprint density at radius 3 is 2.62 bits per heavy atom. The molecule has 0 bridgehead atoms. The van der Waals surface area contributed by atoms with Crippen LogP contribution in [0.25, 0.3) is 0 Å². The van der Waals surface area contributed by atoms with Gasteiger partial charge in [0.05, 0.1) is 0 Å². The highest BCUT2D eigenvalue weighted by Crippen LogP contribution is 2.21. The van der Waals surface area contributed by atoms with Crippen LogP contribution in [-0.4, -0.2) is 17.9 Å². The van der Waals surface area contributed by atoms with Crippen LogP contribution in [0.4, 0.5) is 0 Å². The lowest BCUT2D eigenvalue weighted by molar-refractivity contribution is -0.123. The maximum atomic E-state index is 12.3. The number of benzene rings is 2. The average Bonchev–Trinajstić information content (AvgIpc) is 3.11. The van der Waals surface area contributed by atoms with Gasteiger partial charge in [-0.05, 0) is 29.7 Å². The largest absolute Gasteiger partial charge is 0.366 e. The van der Waals surface area contributed by atoms with Gasteiger partial charge in [-0.25, -0.2) is 10.9 Å². The van der Waals surface area contributed by atoms with E-state index in [-0.39, 0.29) is 18.0 Å². The molecule has 2 amide bonds. The van der Waals surface area contributed by atoms with Gasteiger partial charge in [-0.2, -0.15) is 0 Å². The molecule has 6 nitrogen and oxygen atoms in total. The second kappa shape index (κ2) is 7.25. The Morgan fingerprint density at radius 1 is 1.08 bits per heavy atom. The quantitative estimate of drug-likeness (QED) is 0.660. The van der Waals surface area contributed by atoms with Crippen molar-refractivity contribution in [2.75, 3.05) is 0 Å². The number of carbonyl (C=O) groups excluding carboxylic acids is 2. The van der Waals surface area contributed by atoms with Crippen molar-refractivity contribution < 1.29 is 9.59 Å². The summed E-state index contributed by atoms with van der Waals surface area (Å²) >= 11 is 0. The minimum Gasteiger partial charge on any atom is -0.366 e. The number of primary amides is 1. The van der Waals surface area contributed by atoms with Crippen molar-refractivity contribution >= 4 is 11.8 Å². The lowest BCUT2D eigenvalue weighted by Gasteiger charge is -2.11. The standard InChI is InChI=1S/C18H20N4O2/c19-17(23)14-8-4-5-12(9-14)11-20-18(24)16-10-15(21-22-16)13-6-2-1-3-7-13/h1-9,15-16,21-22H,10-11H2,(H2,19,23)(H,20,24). The lowest BCUT2D eigenvalue weighted by atomic mass is 10.0. The van der Waals surface area contributed by atoms with Crippen LogP contribution in [0.5, 0.6) is 0 Å². The molecule has 2 aromatic rings. The zero-order valence-corrected chi connectivity index (χ0v) is 13.2. The maximum absolute atomic E-state index is 12.3. The van der Waals surface area contributed by atoms with Gasteiger partial charge in [0.1, 0.15) is 6.04 Å². The van der Waals surface area contributed by atoms with Crippen LogP contribution in [-0.2, 0) is 11.3 Å². The molecule has 5 N–H and O–H groups in total. The highest BCUT2D eigenvalue weighted by molar-refractivity contribution is 5.92. The molecule has 124 valence electrons. The highest BCUT2D eigenvalue weighted by Gasteiger charge is 2.29. The van der Waals surface area contributed by atoms with E-state index in [1.165, 1.54) is 0 Å². The number of amides is 2. The predicted molar refractivity (Wildman–Crippen MR) is 90.7 cm³/mol. The van der Waals surface area contributed by atoms with Gasteiger partial charge in [0.15, 0.2) is 0 Å². The van der Waals surface area contributed by atoms with Crippen LogP contribution in [0.15, 0.2) is 54.6 Å². The van der Waals surface area contributed by atoms with E-state index in [1.807, 2.05) is 36.4 Å². The summed E-state index contributed by atoms with van der Waals surface area (Å²) in [5.41, 5.74) is 13.9. The lowest BCUT2D eigenvalue weighted by Crippen LogP contribution is -2.42. The SMILES string of the molecule is NC(=O)c1cccc(CNC(=O)C2CC(c3ccccc3)NN2)c1. The molecule has 0 aliphatic carbocycles. The van der Waals surface area contributed by atoms with Crippen molar-refractivity contribution in [2.24, 2.45) is 5.73 Å². The Balaban J connectivity index is 1.55. The molecule has 6 heteroatoms. The second-order valence-corrected chi connectivity index (χ2v) is 5.82. The van der Waals surface area contributed by atoms with E-state index in [9.17, 15) is 9.59 Å². The summed E-state index contributed by atoms with van der Waals surface area (Å²) in [6.45, 7) is 0.355. The number of carbonyl (C=O) groups is 2. The summed E-state index contributed by atoms with van der Waals surface area (Å²) in [6, 6.07) is 16.8. The molecule has 2 unspecified atom stereocenters. The molecular formula is C18H20N4O2. The van der Waals surface area contributed by atoms with E-state index in [2.05, 4.69) is 16.2 Å². The van der Waals surface area contributed by atoms with Crippen LogP contribution in [0, 0.1) is 0 Å². The van der Waals surface area contributed by atoms with E-state index in [0.29, 0.717) is 18.5 Å². The summed E-state index contributed by atoms with van der Waals surface area (Å²) in [6.07, 6.45) is 0.678. The van der Waals surface area contributed by atoms with E-state index < -0.39 is 5.91 Å². The number of hydrogen-bond donors (Lipinski definition) is 4. The van der Waals surface area contributed by atoms with Gasteiger partial charge in [0.2, 0.25) is 11.8 Å². The number of nitrogens with two attached hydrogens (primary N) is 1. The highest BCUT2D eigenvalue weighted by atomic mass is 16.2. The van der Waals surface area contributed by atoms with Gasteiger partial charge >= 0.3 is 0 Å². The minimum absolute atomic E-state index is 0.0783. The van der Waals surface area contributed by atoms with Gasteiger partial charge in [-0.15, -0.1) is 0 Å². The van der Waals surface area contributed by atoms with Crippen LogP contribution in [0.2, 0.25) is 0 Å². The summed E-state index contributed by atoms with van der Waals surface area (Å²) in [4.78, 5) is 23.5. The normalized spacial score (nSPS) is 19.8. The van der Waals surface area contributed by atoms with E-state index in [4.69, 9.17) is 5.73 Å². The van der Waals surface area contributed by atoms with Crippen molar-refractivity contribution in [3.05, 3.63) is 71.3 Å². The summed E-state index contributed by atoms with van der Waals surface area (Å²) in [5, 5.41) is 2.89. The predicted octanol–water partition coefficient (Wildman–Crippen LogP) is 1.01. The molecule has 0 saturated carbocycles. The Kier molecular flexibility index (Phi) is 4.88. The molecule has 1 heterocycles. The van der Waals surface area contributed by atoms with E-state index in [1.54, 1.807) is 18.2 Å². The van der Waals surface area contributed by atoms with Gasteiger partial charge in [-0.3, -0.25) is 9.59 Å². The fourth-order valence-corrected chi connectivity index (χ4v) is 2.78. The van der Waals surface area contributed by atoms with Gasteiger partial charge in [-0.1, -0.05) is 42.5 Å². The van der Waals surface area contributed by atoms with Gasteiger partial charge < -0.3 is 11.1 Å². The van der Waals surface area contributed by atoms with Crippen LogP contribution in [0.1, 0.15) is 33.9 Å². The van der Waals surface area contributed by atoms with Gasteiger partial charge in [0, 0.05) is 18.2 Å². The molecule has 24 heavy (non-hydrogen) atoms. The summed E-state index contributed by atoms with van der Waals surface area (Å²) in [7, 11) is 0. The molecule has 1 aliphatic rings. The smallest absolute Gasteiger partial charge is 0.248 e. The molecule has 3 rings (SSSR count). The first-order chi connectivity index (χ1) is 11.6. The third-order valence-corrected chi connectivity index (χ3v) is 4.10. The molecule has 1 fully saturated rings. The van der Waals surface area contributed by atoms with Crippen molar-refractivity contribution in [3.8, 4) is 0 Å². The molecule has 0 spiro atoms. The summed E-state index contributed by atoms with van der Waals surface area (Å²) in [5.74, 6) is -0.555. The zero-order valence-electron chi connectivity index (χ0n) is 13.2. The third kappa shape index (κ3) is 3.79. The Bertz CT molecular complexity index is 733. The van der Waals surface area contributed by atoms with Crippen molar-refractivity contribution in [2.45, 2.75) is 25.0 Å². The molecule has 0 aromatic heterocycles. The van der Waals surface area contributed by atoms with E-state index in [0.717, 1.165) is 11.1 Å². The van der Waals surface area contributed by atoms with Crippen LogP contribution < -0.4 is 21.9 Å². The average molecular weight is 324 g/mol. The number of rotatable bonds is 5. The number of nitrogens with one attached hydrogen (secondary N) is 3. The van der Waals surface area contributed by atoms with Crippen LogP contribution in [0.3, 0.4) is 0 Å². The van der Waals surface area contributed by atoms with Crippen molar-refractivity contribution in [1.82, 2.24) is 16.2 Å². The fourth-order valence-electron chi connectivity index (χ4n) is 2.78. The molecule has 0 radical (unpaired) electrons. The zero-order chi connectivity index (χ0) is 16.9. The molecular weight excluding hydrogens is 304 g/mol. The monoisotopic (exact) mass is 324 g/mol. The number of hydrogen-bond acceptors (Lipinski definition) is 4. The first-order valence-electron chi connectivity index (χ1n) is 7.86. The Morgan fingerprint density at radius 2 is 1.88 bits per heavy atom. The second-order valence-electron chi connectivity index (χ2n) is 5.82. The minimum atomic E-state index is -0.476. The van der Waals surface area contributed by atoms with Crippen molar-refractivity contribution in [3.63, 3.8) is 0 Å². The first kappa shape index (κ1) is 16.2. The topological polar surface area (TPSA) is 96.2 Å². The summed E-state index contributed by atoms with van der Waals surface area (Å²) < 4.78 is 0. The molecule has 2 aromatic carbocycles. The molecule has 2 atom stereocenters. The molecule has 1 saturated heterocycles. The fraction of sp³-hybridized carbons (Fsp3) is 0.222. The first-order valence-corrected chi connectivity index (χ1v) is 7.86. The number of hydrazine groups is 1. The van der Waals surface area contributed by atoms with Crippen LogP contribution >= 0.6 is 0 Å². The van der Waals surface area contributed by atoms with Crippen molar-refractivity contribution in [1.29, 1.82) is 0 Å². The molecule has 1 aliphatic heterocycles. The Hall–Kier alpha value is -2.70. The third-order valence-electron chi connectivity index (χ3n) is 4.10. The van der Waals surface area contributed by atoms with E-state index >= 15 is 0 Å². The Labute approximate surface area is 140 Å². The van der Waals surface area contributed by atoms with Gasteiger partial charge in [0.25, 0.3) is 0 Å². The maximum Gasteiger partial charge on any atom is 0.248 e.